The number of hydrogen-bond donors (Lipinski definition) is 2. The second-order valence-corrected chi connectivity index (χ2v) is 15.1. The van der Waals surface area contributed by atoms with Crippen molar-refractivity contribution in [2.45, 2.75) is 207 Å². The summed E-state index contributed by atoms with van der Waals surface area (Å²) < 4.78 is 8.70. The fourth-order valence-electron chi connectivity index (χ4n) is 5.09. The molecule has 42 heavy (non-hydrogen) atoms. The van der Waals surface area contributed by atoms with Crippen LogP contribution in [0.25, 0.3) is 0 Å². The van der Waals surface area contributed by atoms with Gasteiger partial charge in [0.15, 0.2) is 0 Å². The van der Waals surface area contributed by atoms with Crippen LogP contribution in [0.5, 0.6) is 0 Å². The average molecular weight is 654 g/mol. The SMILES string of the molecule is CCCCCCCCCCCCCCCCSCC.CCCCCCCCCCCCCCCCSCC.O=[P+](O)O. The van der Waals surface area contributed by atoms with E-state index in [9.17, 15) is 0 Å². The Morgan fingerprint density at radius 3 is 0.690 bits per heavy atom. The maximum Gasteiger partial charge on any atom is 0.692 e. The van der Waals surface area contributed by atoms with Gasteiger partial charge in [0, 0.05) is 4.57 Å². The van der Waals surface area contributed by atoms with Crippen LogP contribution in [0.3, 0.4) is 0 Å². The summed E-state index contributed by atoms with van der Waals surface area (Å²) in [5, 5.41) is 0. The topological polar surface area (TPSA) is 57.5 Å². The van der Waals surface area contributed by atoms with E-state index in [4.69, 9.17) is 14.4 Å². The van der Waals surface area contributed by atoms with Gasteiger partial charge in [-0.15, -0.1) is 9.79 Å². The number of thioether (sulfide) groups is 2. The summed E-state index contributed by atoms with van der Waals surface area (Å²) in [5.74, 6) is 5.35. The van der Waals surface area contributed by atoms with Gasteiger partial charge in [-0.1, -0.05) is 195 Å². The molecule has 0 unspecified atom stereocenters. The molecule has 0 bridgehead atoms. The molecule has 0 saturated carbocycles. The first-order chi connectivity index (χ1) is 20.6. The molecular formula is C36H78O3PS2+. The van der Waals surface area contributed by atoms with Gasteiger partial charge in [-0.25, -0.2) is 0 Å². The molecule has 0 amide bonds. The number of rotatable bonds is 32. The van der Waals surface area contributed by atoms with Crippen LogP contribution in [0, 0.1) is 0 Å². The maximum absolute atomic E-state index is 8.70. The Balaban J connectivity index is -0.000000641. The largest absolute Gasteiger partial charge is 0.692 e. The molecule has 0 aliphatic heterocycles. The van der Waals surface area contributed by atoms with E-state index in [0.717, 1.165) is 0 Å². The Hall–Kier alpha value is 0.720. The third-order valence-electron chi connectivity index (χ3n) is 7.69. The van der Waals surface area contributed by atoms with E-state index in [1.165, 1.54) is 203 Å². The summed E-state index contributed by atoms with van der Waals surface area (Å²) in [6.45, 7) is 9.11. The van der Waals surface area contributed by atoms with Crippen molar-refractivity contribution in [2.75, 3.05) is 23.0 Å². The molecule has 3 nitrogen and oxygen atoms in total. The lowest BCUT2D eigenvalue weighted by Crippen LogP contribution is -1.84. The van der Waals surface area contributed by atoms with Gasteiger partial charge < -0.3 is 0 Å². The van der Waals surface area contributed by atoms with Crippen LogP contribution in [0.1, 0.15) is 207 Å². The van der Waals surface area contributed by atoms with Gasteiger partial charge in [0.1, 0.15) is 0 Å². The van der Waals surface area contributed by atoms with E-state index < -0.39 is 8.25 Å². The van der Waals surface area contributed by atoms with Crippen LogP contribution in [0.4, 0.5) is 0 Å². The first-order valence-electron chi connectivity index (χ1n) is 18.6. The van der Waals surface area contributed by atoms with E-state index in [1.807, 2.05) is 0 Å². The predicted molar refractivity (Wildman–Crippen MR) is 199 cm³/mol. The van der Waals surface area contributed by atoms with Crippen molar-refractivity contribution < 1.29 is 14.4 Å². The van der Waals surface area contributed by atoms with Crippen molar-refractivity contribution in [2.24, 2.45) is 0 Å². The van der Waals surface area contributed by atoms with Crippen LogP contribution >= 0.6 is 31.8 Å². The van der Waals surface area contributed by atoms with Gasteiger partial charge in [-0.05, 0) is 35.9 Å². The van der Waals surface area contributed by atoms with Gasteiger partial charge in [-0.3, -0.25) is 0 Å². The molecule has 0 saturated heterocycles. The molecule has 0 fully saturated rings. The molecule has 0 spiro atoms. The lowest BCUT2D eigenvalue weighted by molar-refractivity contribution is 0.405. The fourth-order valence-corrected chi connectivity index (χ4v) is 6.48. The van der Waals surface area contributed by atoms with Gasteiger partial charge >= 0.3 is 8.25 Å². The molecule has 0 radical (unpaired) electrons. The highest BCUT2D eigenvalue weighted by Gasteiger charge is 1.96. The smallest absolute Gasteiger partial charge is 0.162 e. The third kappa shape index (κ3) is 60.0. The summed E-state index contributed by atoms with van der Waals surface area (Å²) in [5.41, 5.74) is 0. The summed E-state index contributed by atoms with van der Waals surface area (Å²) in [6.07, 6.45) is 41.0. The zero-order valence-electron chi connectivity index (χ0n) is 29.2. The zero-order chi connectivity index (χ0) is 31.6. The van der Waals surface area contributed by atoms with E-state index in [-0.39, 0.29) is 0 Å². The molecule has 0 atom stereocenters. The highest BCUT2D eigenvalue weighted by atomic mass is 32.2. The molecule has 2 N–H and O–H groups in total. The van der Waals surface area contributed by atoms with Crippen molar-refractivity contribution in [1.29, 1.82) is 0 Å². The average Bonchev–Trinajstić information content (AvgIpc) is 2.97. The van der Waals surface area contributed by atoms with Crippen LogP contribution in [0.2, 0.25) is 0 Å². The first kappa shape index (κ1) is 47.1. The minimum atomic E-state index is -2.87. The Morgan fingerprint density at radius 2 is 0.524 bits per heavy atom. The number of hydrogen-bond acceptors (Lipinski definition) is 3. The fraction of sp³-hybridized carbons (Fsp3) is 1.00. The number of unbranched alkanes of at least 4 members (excludes halogenated alkanes) is 26. The zero-order valence-corrected chi connectivity index (χ0v) is 31.7. The Kier molecular flexibility index (Phi) is 54.6. The minimum absolute atomic E-state index is 1.29. The summed E-state index contributed by atoms with van der Waals surface area (Å²) >= 11 is 4.18. The van der Waals surface area contributed by atoms with Crippen LogP contribution in [-0.4, -0.2) is 32.8 Å². The second kappa shape index (κ2) is 48.6. The summed E-state index contributed by atoms with van der Waals surface area (Å²) in [4.78, 5) is 14.2. The molecule has 0 aromatic rings. The quantitative estimate of drug-likeness (QED) is 0.0559. The van der Waals surface area contributed by atoms with Gasteiger partial charge in [0.2, 0.25) is 0 Å². The van der Waals surface area contributed by atoms with E-state index in [1.54, 1.807) is 0 Å². The minimum Gasteiger partial charge on any atom is -0.162 e. The second-order valence-electron chi connectivity index (χ2n) is 11.8. The first-order valence-corrected chi connectivity index (χ1v) is 22.0. The normalized spacial score (nSPS) is 10.6. The van der Waals surface area contributed by atoms with Gasteiger partial charge in [0.05, 0.1) is 0 Å². The molecule has 0 aromatic carbocycles. The Labute approximate surface area is 275 Å². The molecule has 6 heteroatoms. The predicted octanol–water partition coefficient (Wildman–Crippen LogP) is 14.1. The molecular weight excluding hydrogens is 576 g/mol. The Bertz CT molecular complexity index is 385. The molecule has 0 rings (SSSR count). The van der Waals surface area contributed by atoms with Crippen molar-refractivity contribution in [3.8, 4) is 0 Å². The van der Waals surface area contributed by atoms with Crippen LogP contribution in [0.15, 0.2) is 0 Å². The summed E-state index contributed by atoms with van der Waals surface area (Å²) in [6, 6.07) is 0. The molecule has 0 aromatic heterocycles. The van der Waals surface area contributed by atoms with Crippen LogP contribution in [-0.2, 0) is 4.57 Å². The molecule has 256 valence electrons. The van der Waals surface area contributed by atoms with Crippen LogP contribution < -0.4 is 0 Å². The highest BCUT2D eigenvalue weighted by Crippen LogP contribution is 2.15. The van der Waals surface area contributed by atoms with Gasteiger partial charge in [0.25, 0.3) is 0 Å². The van der Waals surface area contributed by atoms with Crippen molar-refractivity contribution >= 4 is 31.8 Å². The monoisotopic (exact) mass is 654 g/mol. The lowest BCUT2D eigenvalue weighted by Gasteiger charge is -2.03. The third-order valence-corrected chi connectivity index (χ3v) is 9.66. The van der Waals surface area contributed by atoms with Gasteiger partial charge in [-0.2, -0.15) is 23.5 Å². The molecule has 0 aliphatic rings. The van der Waals surface area contributed by atoms with Crippen molar-refractivity contribution in [3.05, 3.63) is 0 Å². The summed E-state index contributed by atoms with van der Waals surface area (Å²) in [7, 11) is -2.87. The Morgan fingerprint density at radius 1 is 0.357 bits per heavy atom. The van der Waals surface area contributed by atoms with Crippen molar-refractivity contribution in [3.63, 3.8) is 0 Å². The standard InChI is InChI=1S/2C18H38S.HO3P/c2*1-3-5-6-7-8-9-10-11-12-13-14-15-16-17-18-19-4-2;1-4(2)3/h2*3-18H2,1-2H3;(H-,1,2,3)/p+1. The lowest BCUT2D eigenvalue weighted by atomic mass is 10.0. The van der Waals surface area contributed by atoms with E-state index in [2.05, 4.69) is 51.2 Å². The van der Waals surface area contributed by atoms with E-state index >= 15 is 0 Å². The maximum atomic E-state index is 8.70. The van der Waals surface area contributed by atoms with E-state index in [0.29, 0.717) is 0 Å². The molecule has 0 heterocycles. The molecule has 0 aliphatic carbocycles. The highest BCUT2D eigenvalue weighted by molar-refractivity contribution is 7.99. The van der Waals surface area contributed by atoms with Crippen molar-refractivity contribution in [1.82, 2.24) is 0 Å².